The molecule has 6 heteroatoms. The van der Waals surface area contributed by atoms with Crippen LogP contribution in [0.15, 0.2) is 52.4 Å². The van der Waals surface area contributed by atoms with Crippen molar-refractivity contribution in [1.82, 2.24) is 4.57 Å². The molecule has 0 aliphatic rings. The van der Waals surface area contributed by atoms with Crippen molar-refractivity contribution in [2.75, 3.05) is 7.11 Å². The third-order valence-electron chi connectivity index (χ3n) is 3.79. The topological polar surface area (TPSA) is 43.6 Å². The van der Waals surface area contributed by atoms with Crippen molar-refractivity contribution in [2.24, 2.45) is 4.99 Å². The Balaban J connectivity index is 2.05. The number of rotatable bonds is 5. The summed E-state index contributed by atoms with van der Waals surface area (Å²) in [5, 5.41) is 0.447. The van der Waals surface area contributed by atoms with E-state index in [0.717, 1.165) is 20.9 Å². The van der Waals surface area contributed by atoms with E-state index in [2.05, 4.69) is 24.8 Å². The van der Waals surface area contributed by atoms with Gasteiger partial charge in [0, 0.05) is 15.7 Å². The third-order valence-corrected chi connectivity index (χ3v) is 5.83. The first-order valence-corrected chi connectivity index (χ1v) is 10.2. The fraction of sp³-hybridized carbons (Fsp3) is 0.238. The van der Waals surface area contributed by atoms with E-state index < -0.39 is 0 Å². The first-order chi connectivity index (χ1) is 13.0. The second-order valence-corrected chi connectivity index (χ2v) is 8.78. The molecule has 27 heavy (non-hydrogen) atoms. The summed E-state index contributed by atoms with van der Waals surface area (Å²) >= 11 is 3.14. The van der Waals surface area contributed by atoms with Crippen LogP contribution in [-0.2, 0) is 6.54 Å². The molecule has 0 radical (unpaired) electrons. The third kappa shape index (κ3) is 4.44. The highest BCUT2D eigenvalue weighted by Crippen LogP contribution is 2.25. The maximum absolute atomic E-state index is 12.7. The predicted octanol–water partition coefficient (Wildman–Crippen LogP) is 4.59. The summed E-state index contributed by atoms with van der Waals surface area (Å²) in [4.78, 5) is 18.8. The van der Waals surface area contributed by atoms with Crippen LogP contribution in [0, 0.1) is 12.3 Å². The van der Waals surface area contributed by atoms with Gasteiger partial charge in [0.05, 0.1) is 23.9 Å². The van der Waals surface area contributed by atoms with E-state index in [1.165, 1.54) is 11.3 Å². The molecule has 0 fully saturated rings. The highest BCUT2D eigenvalue weighted by atomic mass is 32.2. The van der Waals surface area contributed by atoms with Crippen LogP contribution < -0.4 is 9.54 Å². The summed E-state index contributed by atoms with van der Waals surface area (Å²) in [5.74, 6) is 3.12. The number of nitrogens with zero attached hydrogens (tertiary/aromatic N) is 2. The molecule has 1 amide bonds. The van der Waals surface area contributed by atoms with E-state index in [-0.39, 0.29) is 5.91 Å². The minimum atomic E-state index is -0.273. The number of aromatic nitrogens is 1. The van der Waals surface area contributed by atoms with Gasteiger partial charge in [-0.05, 0) is 36.4 Å². The minimum absolute atomic E-state index is 0.273. The van der Waals surface area contributed by atoms with Crippen molar-refractivity contribution in [3.8, 4) is 18.1 Å². The van der Waals surface area contributed by atoms with Gasteiger partial charge in [0.1, 0.15) is 5.75 Å². The fourth-order valence-electron chi connectivity index (χ4n) is 2.64. The number of amides is 1. The lowest BCUT2D eigenvalue weighted by molar-refractivity contribution is 0.0997. The maximum Gasteiger partial charge on any atom is 0.279 e. The molecule has 1 heterocycles. The predicted molar refractivity (Wildman–Crippen MR) is 113 cm³/mol. The van der Waals surface area contributed by atoms with E-state index in [1.807, 2.05) is 41.0 Å². The average molecular weight is 397 g/mol. The summed E-state index contributed by atoms with van der Waals surface area (Å²) in [5.41, 5.74) is 1.51. The molecule has 3 rings (SSSR count). The van der Waals surface area contributed by atoms with Gasteiger partial charge in [-0.3, -0.25) is 4.79 Å². The van der Waals surface area contributed by atoms with E-state index in [0.29, 0.717) is 22.2 Å². The second kappa shape index (κ2) is 8.47. The number of carbonyl (C=O) groups excluding carboxylic acids is 1. The van der Waals surface area contributed by atoms with Crippen LogP contribution in [0.4, 0.5) is 0 Å². The van der Waals surface area contributed by atoms with Gasteiger partial charge in [0.15, 0.2) is 4.80 Å². The van der Waals surface area contributed by atoms with Crippen molar-refractivity contribution in [3.05, 3.63) is 52.8 Å². The molecule has 3 aromatic rings. The minimum Gasteiger partial charge on any atom is -0.497 e. The summed E-state index contributed by atoms with van der Waals surface area (Å²) in [7, 11) is 1.63. The lowest BCUT2D eigenvalue weighted by Crippen LogP contribution is -2.16. The molecule has 1 aromatic heterocycles. The fourth-order valence-corrected chi connectivity index (χ4v) is 4.59. The van der Waals surface area contributed by atoms with Crippen LogP contribution in [0.5, 0.6) is 5.75 Å². The van der Waals surface area contributed by atoms with Gasteiger partial charge in [-0.2, -0.15) is 4.99 Å². The molecule has 0 aliphatic heterocycles. The van der Waals surface area contributed by atoms with E-state index in [4.69, 9.17) is 11.2 Å². The monoisotopic (exact) mass is 396 g/mol. The van der Waals surface area contributed by atoms with Gasteiger partial charge in [-0.1, -0.05) is 37.2 Å². The van der Waals surface area contributed by atoms with Crippen molar-refractivity contribution >= 4 is 39.2 Å². The number of benzene rings is 2. The number of hydrogen-bond acceptors (Lipinski definition) is 4. The van der Waals surface area contributed by atoms with Gasteiger partial charge < -0.3 is 9.30 Å². The first-order valence-electron chi connectivity index (χ1n) is 8.48. The first kappa shape index (κ1) is 19.3. The lowest BCUT2D eigenvalue weighted by atomic mass is 10.2. The molecule has 2 aromatic carbocycles. The Labute approximate surface area is 166 Å². The quantitative estimate of drug-likeness (QED) is 0.468. The molecular weight excluding hydrogens is 376 g/mol. The van der Waals surface area contributed by atoms with Crippen LogP contribution in [-0.4, -0.2) is 22.8 Å². The van der Waals surface area contributed by atoms with Crippen LogP contribution in [0.1, 0.15) is 24.2 Å². The highest BCUT2D eigenvalue weighted by molar-refractivity contribution is 7.99. The van der Waals surface area contributed by atoms with E-state index >= 15 is 0 Å². The van der Waals surface area contributed by atoms with Crippen LogP contribution >= 0.6 is 23.1 Å². The zero-order valence-corrected chi connectivity index (χ0v) is 17.1. The Bertz CT molecular complexity index is 1090. The molecule has 0 spiro atoms. The number of fused-ring (bicyclic) bond motifs is 1. The number of ether oxygens (including phenoxy) is 1. The maximum atomic E-state index is 12.7. The molecule has 0 saturated heterocycles. The van der Waals surface area contributed by atoms with Crippen LogP contribution in [0.2, 0.25) is 0 Å². The van der Waals surface area contributed by atoms with Crippen LogP contribution in [0.3, 0.4) is 0 Å². The molecule has 0 bridgehead atoms. The van der Waals surface area contributed by atoms with Gasteiger partial charge in [0.2, 0.25) is 0 Å². The summed E-state index contributed by atoms with van der Waals surface area (Å²) in [6.45, 7) is 4.59. The Kier molecular flexibility index (Phi) is 6.04. The van der Waals surface area contributed by atoms with Crippen molar-refractivity contribution < 1.29 is 9.53 Å². The summed E-state index contributed by atoms with van der Waals surface area (Å²) in [6, 6.07) is 13.3. The number of terminal acetylenes is 1. The van der Waals surface area contributed by atoms with Crippen molar-refractivity contribution in [1.29, 1.82) is 0 Å². The van der Waals surface area contributed by atoms with Crippen molar-refractivity contribution in [2.45, 2.75) is 30.5 Å². The molecule has 138 valence electrons. The smallest absolute Gasteiger partial charge is 0.279 e. The summed E-state index contributed by atoms with van der Waals surface area (Å²) < 4.78 is 8.14. The molecule has 0 unspecified atom stereocenters. The molecule has 0 aliphatic carbocycles. The largest absolute Gasteiger partial charge is 0.497 e. The lowest BCUT2D eigenvalue weighted by Gasteiger charge is -2.05. The highest BCUT2D eigenvalue weighted by Gasteiger charge is 2.10. The normalized spacial score (nSPS) is 11.7. The second-order valence-electron chi connectivity index (χ2n) is 6.12. The Morgan fingerprint density at radius 3 is 2.85 bits per heavy atom. The standard InChI is InChI=1S/C21H20N2O2S2/c1-5-11-23-18-10-9-16(25-4)13-19(18)27-21(23)22-20(24)15-7-6-8-17(12-15)26-14(2)3/h1,6-10,12-14H,11H2,2-4H3. The SMILES string of the molecule is C#CCn1c(=NC(=O)c2cccc(SC(C)C)c2)sc2cc(OC)ccc21. The Hall–Kier alpha value is -2.49. The van der Waals surface area contributed by atoms with Gasteiger partial charge in [-0.25, -0.2) is 0 Å². The molecular formula is C21H20N2O2S2. The number of methoxy groups -OCH3 is 1. The average Bonchev–Trinajstić information content (AvgIpc) is 2.98. The summed E-state index contributed by atoms with van der Waals surface area (Å²) in [6.07, 6.45) is 5.52. The van der Waals surface area contributed by atoms with Gasteiger partial charge >= 0.3 is 0 Å². The van der Waals surface area contributed by atoms with Gasteiger partial charge in [0.25, 0.3) is 5.91 Å². The molecule has 0 saturated carbocycles. The number of thioether (sulfide) groups is 1. The zero-order chi connectivity index (χ0) is 19.4. The van der Waals surface area contributed by atoms with E-state index in [1.54, 1.807) is 24.9 Å². The molecule has 0 N–H and O–H groups in total. The number of hydrogen-bond donors (Lipinski definition) is 0. The Morgan fingerprint density at radius 1 is 1.33 bits per heavy atom. The molecule has 4 nitrogen and oxygen atoms in total. The van der Waals surface area contributed by atoms with E-state index in [9.17, 15) is 4.79 Å². The number of carbonyl (C=O) groups is 1. The van der Waals surface area contributed by atoms with Crippen LogP contribution in [0.25, 0.3) is 10.2 Å². The molecule has 0 atom stereocenters. The Morgan fingerprint density at radius 2 is 2.15 bits per heavy atom. The number of thiazole rings is 1. The zero-order valence-electron chi connectivity index (χ0n) is 15.4. The van der Waals surface area contributed by atoms with Gasteiger partial charge in [-0.15, -0.1) is 18.2 Å². The van der Waals surface area contributed by atoms with Crippen molar-refractivity contribution in [3.63, 3.8) is 0 Å².